The topological polar surface area (TPSA) is 159 Å². The fourth-order valence-corrected chi connectivity index (χ4v) is 3.50. The van der Waals surface area contributed by atoms with Gasteiger partial charge in [0.05, 0.1) is 11.4 Å². The maximum absolute atomic E-state index is 13.2. The van der Waals surface area contributed by atoms with Crippen molar-refractivity contribution in [2.75, 3.05) is 17.2 Å². The van der Waals surface area contributed by atoms with Crippen LogP contribution in [0.4, 0.5) is 10.5 Å². The summed E-state index contributed by atoms with van der Waals surface area (Å²) in [6, 6.07) is 4.41. The molecule has 0 fully saturated rings. The molecule has 0 aliphatic rings. The predicted octanol–water partition coefficient (Wildman–Crippen LogP) is 2.32. The molecule has 0 unspecified atom stereocenters. The van der Waals surface area contributed by atoms with Gasteiger partial charge in [0, 0.05) is 37.5 Å². The lowest BCUT2D eigenvalue weighted by atomic mass is 9.89. The van der Waals surface area contributed by atoms with Gasteiger partial charge >= 0.3 is 6.03 Å². The third kappa shape index (κ3) is 11.3. The van der Waals surface area contributed by atoms with Crippen LogP contribution in [0.2, 0.25) is 0 Å². The van der Waals surface area contributed by atoms with Crippen molar-refractivity contribution in [3.05, 3.63) is 29.8 Å². The van der Waals surface area contributed by atoms with E-state index in [4.69, 9.17) is 7.10 Å². The molecule has 194 valence electrons. The van der Waals surface area contributed by atoms with Gasteiger partial charge in [-0.05, 0) is 56.8 Å². The maximum Gasteiger partial charge on any atom is 0.312 e. The Hall–Kier alpha value is -2.95. The molecule has 5 amide bonds. The normalized spacial score (nSPS) is 13.7. The van der Waals surface area contributed by atoms with Gasteiger partial charge in [-0.1, -0.05) is 29.8 Å². The Bertz CT molecular complexity index is 913. The Balaban J connectivity index is 2.90. The number of hydrogen-bond donors (Lipinski definition) is 5. The molecular formula is C24H36BrN5O5. The van der Waals surface area contributed by atoms with Crippen molar-refractivity contribution in [1.29, 1.82) is 0 Å². The molecule has 0 bridgehead atoms. The third-order valence-electron chi connectivity index (χ3n) is 5.09. The molecule has 0 radical (unpaired) electrons. The molecule has 11 heteroatoms. The van der Waals surface area contributed by atoms with E-state index in [1.54, 1.807) is 45.0 Å². The third-order valence-corrected chi connectivity index (χ3v) is 5.60. The van der Waals surface area contributed by atoms with Crippen LogP contribution in [0.1, 0.15) is 58.7 Å². The van der Waals surface area contributed by atoms with Gasteiger partial charge in [-0.3, -0.25) is 19.2 Å². The van der Waals surface area contributed by atoms with Gasteiger partial charge in [0.15, 0.2) is 5.78 Å². The molecule has 0 saturated carbocycles. The number of urea groups is 1. The minimum Gasteiger partial charge on any atom is -0.354 e. The van der Waals surface area contributed by atoms with Crippen LogP contribution in [0.25, 0.3) is 0 Å². The van der Waals surface area contributed by atoms with Crippen LogP contribution in [-0.4, -0.2) is 53.5 Å². The van der Waals surface area contributed by atoms with Crippen molar-refractivity contribution >= 4 is 51.2 Å². The lowest BCUT2D eigenvalue weighted by Gasteiger charge is -2.24. The number of anilines is 1. The van der Waals surface area contributed by atoms with E-state index in [1.807, 2.05) is 0 Å². The average Bonchev–Trinajstić information content (AvgIpc) is 2.83. The van der Waals surface area contributed by atoms with E-state index < -0.39 is 23.9 Å². The number of carbonyl (C=O) groups is 5. The molecule has 0 aliphatic heterocycles. The number of hydrogen-bond acceptors (Lipinski definition) is 5. The highest BCUT2D eigenvalue weighted by Gasteiger charge is 2.29. The molecule has 10 nitrogen and oxygen atoms in total. The van der Waals surface area contributed by atoms with Crippen LogP contribution in [-0.2, 0) is 14.4 Å². The number of Topliss-reactive ketones (excluding diaryl/α,β-unsaturated/α-hetero) is 1. The molecule has 1 aromatic carbocycles. The molecule has 0 aliphatic carbocycles. The minimum atomic E-state index is -0.821. The van der Waals surface area contributed by atoms with Gasteiger partial charge in [0.2, 0.25) is 11.8 Å². The lowest BCUT2D eigenvalue weighted by Crippen LogP contribution is -2.46. The number of alkyl halides is 1. The Morgan fingerprint density at radius 1 is 1.06 bits per heavy atom. The second-order valence-electron chi connectivity index (χ2n) is 8.66. The molecule has 3 atom stereocenters. The number of primary amides is 1. The number of halogens is 1. The van der Waals surface area contributed by atoms with Crippen molar-refractivity contribution in [3.63, 3.8) is 0 Å². The summed E-state index contributed by atoms with van der Waals surface area (Å²) in [5.74, 6) is -2.23. The highest BCUT2D eigenvalue weighted by atomic mass is 79.9. The number of nitrogens with one attached hydrogen (secondary N) is 4. The summed E-state index contributed by atoms with van der Waals surface area (Å²) >= 11 is 3.07. The number of amides is 5. The highest BCUT2D eigenvalue weighted by Crippen LogP contribution is 2.17. The number of ketones is 1. The van der Waals surface area contributed by atoms with E-state index in [2.05, 4.69) is 37.2 Å². The summed E-state index contributed by atoms with van der Waals surface area (Å²) in [6.07, 6.45) is 0.650. The van der Waals surface area contributed by atoms with E-state index in [0.717, 1.165) is 0 Å². The van der Waals surface area contributed by atoms with Crippen molar-refractivity contribution in [2.45, 2.75) is 59.0 Å². The fraction of sp³-hybridized carbons (Fsp3) is 0.542. The van der Waals surface area contributed by atoms with Crippen LogP contribution in [0.5, 0.6) is 0 Å². The summed E-state index contributed by atoms with van der Waals surface area (Å²) in [7, 11) is 0. The zero-order valence-electron chi connectivity index (χ0n) is 21.4. The maximum atomic E-state index is 13.2. The van der Waals surface area contributed by atoms with Crippen LogP contribution in [0.15, 0.2) is 24.3 Å². The number of benzene rings is 1. The summed E-state index contributed by atoms with van der Waals surface area (Å²) in [5, 5.41) is 10.8. The standard InChI is InChI=1S/C24H36BrN5O5/c1-14(2)21(30-22(33)16-7-9-18(10-8-16)29-20(32)13-25)19(31)12-17(23(34)28-15(3)4)6-5-11-27-24(26)35/h7-10,14-15,17,21H,5-6,11-13H2,1-4H3,(H,28,34)(H,29,32)(H,30,33)(H3,26,27,35)/t17-,21+/m1/s1/i3D/t15-,17+,21-/m0. The van der Waals surface area contributed by atoms with E-state index in [1.165, 1.54) is 0 Å². The van der Waals surface area contributed by atoms with E-state index in [0.29, 0.717) is 24.1 Å². The molecule has 0 saturated heterocycles. The van der Waals surface area contributed by atoms with Crippen molar-refractivity contribution in [2.24, 2.45) is 17.6 Å². The summed E-state index contributed by atoms with van der Waals surface area (Å²) in [5.41, 5.74) is 5.93. The van der Waals surface area contributed by atoms with Crippen molar-refractivity contribution in [1.82, 2.24) is 16.0 Å². The lowest BCUT2D eigenvalue weighted by molar-refractivity contribution is -0.131. The molecule has 0 heterocycles. The first-order valence-corrected chi connectivity index (χ1v) is 12.5. The molecule has 1 rings (SSSR count). The summed E-state index contributed by atoms with van der Waals surface area (Å²) in [6.45, 7) is 5.56. The van der Waals surface area contributed by atoms with Gasteiger partial charge in [-0.25, -0.2) is 4.79 Å². The minimum absolute atomic E-state index is 0.00110. The zero-order valence-corrected chi connectivity index (χ0v) is 21.9. The second-order valence-corrected chi connectivity index (χ2v) is 9.23. The SMILES string of the molecule is [2H]C[C@@H](C)NC(=O)[C@H](CCCNC(N)=O)CC(=O)[C@@H](NC(=O)c1ccc(NC(=O)CBr)cc1)C(C)C. The second kappa shape index (κ2) is 15.1. The average molecular weight is 555 g/mol. The Labute approximate surface area is 216 Å². The van der Waals surface area contributed by atoms with Gasteiger partial charge < -0.3 is 27.0 Å². The number of carbonyl (C=O) groups excluding carboxylic acids is 5. The van der Waals surface area contributed by atoms with E-state index in [-0.39, 0.29) is 54.8 Å². The number of nitrogens with two attached hydrogens (primary N) is 1. The molecular weight excluding hydrogens is 518 g/mol. The van der Waals surface area contributed by atoms with Crippen molar-refractivity contribution < 1.29 is 25.3 Å². The van der Waals surface area contributed by atoms with E-state index >= 15 is 0 Å². The molecule has 0 spiro atoms. The van der Waals surface area contributed by atoms with E-state index in [9.17, 15) is 24.0 Å². The number of rotatable bonds is 14. The van der Waals surface area contributed by atoms with Gasteiger partial charge in [0.25, 0.3) is 5.91 Å². The monoisotopic (exact) mass is 554 g/mol. The molecule has 0 aromatic heterocycles. The smallest absolute Gasteiger partial charge is 0.312 e. The van der Waals surface area contributed by atoms with Gasteiger partial charge in [0.1, 0.15) is 0 Å². The molecule has 1 aromatic rings. The van der Waals surface area contributed by atoms with Crippen LogP contribution < -0.4 is 27.0 Å². The Kier molecular flexibility index (Phi) is 12.2. The highest BCUT2D eigenvalue weighted by molar-refractivity contribution is 9.09. The van der Waals surface area contributed by atoms with Crippen LogP contribution in [0, 0.1) is 11.8 Å². The fourth-order valence-electron chi connectivity index (χ4n) is 3.36. The van der Waals surface area contributed by atoms with Crippen LogP contribution >= 0.6 is 15.9 Å². The quantitative estimate of drug-likeness (QED) is 0.176. The molecule has 35 heavy (non-hydrogen) atoms. The Morgan fingerprint density at radius 2 is 1.71 bits per heavy atom. The largest absolute Gasteiger partial charge is 0.354 e. The molecule has 6 N–H and O–H groups in total. The predicted molar refractivity (Wildman–Crippen MR) is 138 cm³/mol. The van der Waals surface area contributed by atoms with Gasteiger partial charge in [-0.2, -0.15) is 0 Å². The van der Waals surface area contributed by atoms with Gasteiger partial charge in [-0.15, -0.1) is 0 Å². The zero-order chi connectivity index (χ0) is 27.3. The Morgan fingerprint density at radius 3 is 2.26 bits per heavy atom. The van der Waals surface area contributed by atoms with Crippen LogP contribution in [0.3, 0.4) is 0 Å². The first-order valence-electron chi connectivity index (χ1n) is 12.1. The summed E-state index contributed by atoms with van der Waals surface area (Å²) < 4.78 is 7.43. The van der Waals surface area contributed by atoms with Crippen molar-refractivity contribution in [3.8, 4) is 0 Å². The summed E-state index contributed by atoms with van der Waals surface area (Å²) in [4.78, 5) is 61.2. The first-order chi connectivity index (χ1) is 17.0. The first kappa shape index (κ1) is 28.3.